The lowest BCUT2D eigenvalue weighted by atomic mass is 10.2. The van der Waals surface area contributed by atoms with E-state index < -0.39 is 10.0 Å². The number of ether oxygens (including phenoxy) is 1. The first-order valence-corrected chi connectivity index (χ1v) is 7.57. The molecule has 3 N–H and O–H groups in total. The Morgan fingerprint density at radius 1 is 1.63 bits per heavy atom. The summed E-state index contributed by atoms with van der Waals surface area (Å²) in [5, 5.41) is -0.0470. The minimum absolute atomic E-state index is 0.0470. The Bertz CT molecular complexity index is 534. The van der Waals surface area contributed by atoms with Crippen LogP contribution in [0.15, 0.2) is 23.4 Å². The Labute approximate surface area is 112 Å². The summed E-state index contributed by atoms with van der Waals surface area (Å²) in [5.41, 5.74) is 2.66. The van der Waals surface area contributed by atoms with E-state index in [2.05, 4.69) is 10.4 Å². The summed E-state index contributed by atoms with van der Waals surface area (Å²) in [7, 11) is -3.65. The molecule has 0 spiro atoms. The second-order valence-corrected chi connectivity index (χ2v) is 6.12. The molecule has 0 amide bonds. The molecule has 2 heterocycles. The molecule has 0 saturated carbocycles. The average molecular weight is 286 g/mol. The van der Waals surface area contributed by atoms with E-state index in [1.54, 1.807) is 12.1 Å². The number of aromatic nitrogens is 1. The zero-order chi connectivity index (χ0) is 13.9. The number of hydrazine groups is 1. The van der Waals surface area contributed by atoms with Crippen LogP contribution in [0.4, 0.5) is 5.69 Å². The van der Waals surface area contributed by atoms with Crippen LogP contribution in [-0.2, 0) is 14.8 Å². The summed E-state index contributed by atoms with van der Waals surface area (Å²) < 4.78 is 32.0. The van der Waals surface area contributed by atoms with Crippen LogP contribution in [0.25, 0.3) is 0 Å². The van der Waals surface area contributed by atoms with Crippen molar-refractivity contribution < 1.29 is 13.2 Å². The number of sulfonamides is 1. The highest BCUT2D eigenvalue weighted by Gasteiger charge is 2.32. The molecule has 1 atom stereocenters. The molecule has 7 nitrogen and oxygen atoms in total. The van der Waals surface area contributed by atoms with E-state index in [9.17, 15) is 8.42 Å². The van der Waals surface area contributed by atoms with E-state index in [1.165, 1.54) is 10.5 Å². The highest BCUT2D eigenvalue weighted by Crippen LogP contribution is 2.23. The molecule has 1 unspecified atom stereocenters. The second kappa shape index (κ2) is 5.83. The Morgan fingerprint density at radius 3 is 3.11 bits per heavy atom. The molecule has 1 aliphatic heterocycles. The molecular formula is C11H18N4O3S. The van der Waals surface area contributed by atoms with E-state index >= 15 is 0 Å². The van der Waals surface area contributed by atoms with Gasteiger partial charge in [-0.2, -0.15) is 4.31 Å². The monoisotopic (exact) mass is 286 g/mol. The first-order chi connectivity index (χ1) is 9.09. The molecule has 1 saturated heterocycles. The van der Waals surface area contributed by atoms with E-state index in [0.717, 1.165) is 6.42 Å². The van der Waals surface area contributed by atoms with Gasteiger partial charge >= 0.3 is 0 Å². The van der Waals surface area contributed by atoms with Crippen molar-refractivity contribution in [2.24, 2.45) is 5.84 Å². The topological polar surface area (TPSA) is 97.6 Å². The molecule has 0 aliphatic carbocycles. The Hall–Kier alpha value is -1.22. The number of anilines is 1. The summed E-state index contributed by atoms with van der Waals surface area (Å²) in [6.45, 7) is 3.04. The van der Waals surface area contributed by atoms with Gasteiger partial charge in [0.25, 0.3) is 10.0 Å². The Morgan fingerprint density at radius 2 is 2.42 bits per heavy atom. The predicted molar refractivity (Wildman–Crippen MR) is 70.8 cm³/mol. The molecule has 0 bridgehead atoms. The number of nitrogen functional groups attached to an aromatic ring is 1. The molecule has 0 radical (unpaired) electrons. The first-order valence-electron chi connectivity index (χ1n) is 6.13. The molecule has 8 heteroatoms. The second-order valence-electron chi connectivity index (χ2n) is 4.26. The molecule has 2 rings (SSSR count). The van der Waals surface area contributed by atoms with Crippen LogP contribution in [0.5, 0.6) is 0 Å². The third kappa shape index (κ3) is 2.86. The minimum Gasteiger partial charge on any atom is -0.375 e. The molecule has 1 aromatic heterocycles. The van der Waals surface area contributed by atoms with Gasteiger partial charge in [-0.15, -0.1) is 0 Å². The molecule has 1 aromatic rings. The molecule has 1 fully saturated rings. The quantitative estimate of drug-likeness (QED) is 0.605. The zero-order valence-electron chi connectivity index (χ0n) is 10.7. The maximum absolute atomic E-state index is 12.5. The fourth-order valence-corrected chi connectivity index (χ4v) is 3.51. The number of nitrogens with zero attached hydrogens (tertiary/aromatic N) is 2. The van der Waals surface area contributed by atoms with Crippen LogP contribution in [0.3, 0.4) is 0 Å². The number of morpholine rings is 1. The minimum atomic E-state index is -3.65. The number of nitrogens with one attached hydrogen (secondary N) is 1. The maximum atomic E-state index is 12.5. The Balaban J connectivity index is 2.31. The summed E-state index contributed by atoms with van der Waals surface area (Å²) in [4.78, 5) is 3.93. The van der Waals surface area contributed by atoms with Crippen LogP contribution in [-0.4, -0.2) is 43.5 Å². The van der Waals surface area contributed by atoms with Gasteiger partial charge in [0, 0.05) is 19.3 Å². The SMILES string of the molecule is CCC1CN(S(=O)(=O)c2ncccc2NN)CCO1. The summed E-state index contributed by atoms with van der Waals surface area (Å²) in [6.07, 6.45) is 2.14. The molecule has 0 aromatic carbocycles. The van der Waals surface area contributed by atoms with Crippen molar-refractivity contribution in [3.05, 3.63) is 18.3 Å². The van der Waals surface area contributed by atoms with Crippen molar-refractivity contribution in [3.63, 3.8) is 0 Å². The predicted octanol–water partition coefficient (Wildman–Crippen LogP) is 0.167. The third-order valence-electron chi connectivity index (χ3n) is 3.07. The molecule has 1 aliphatic rings. The Kier molecular flexibility index (Phi) is 4.35. The van der Waals surface area contributed by atoms with Gasteiger partial charge in [0.05, 0.1) is 18.4 Å². The van der Waals surface area contributed by atoms with Crippen LogP contribution in [0, 0.1) is 0 Å². The van der Waals surface area contributed by atoms with E-state index in [4.69, 9.17) is 10.6 Å². The molecular weight excluding hydrogens is 268 g/mol. The summed E-state index contributed by atoms with van der Waals surface area (Å²) in [6, 6.07) is 3.21. The van der Waals surface area contributed by atoms with Crippen molar-refractivity contribution in [3.8, 4) is 0 Å². The van der Waals surface area contributed by atoms with Crippen molar-refractivity contribution in [1.29, 1.82) is 0 Å². The number of rotatable bonds is 4. The number of nitrogens with two attached hydrogens (primary N) is 1. The summed E-state index contributed by atoms with van der Waals surface area (Å²) in [5.74, 6) is 5.33. The third-order valence-corrected chi connectivity index (χ3v) is 4.89. The number of pyridine rings is 1. The number of hydrogen-bond donors (Lipinski definition) is 2. The lowest BCUT2D eigenvalue weighted by Crippen LogP contribution is -2.45. The normalized spacial score (nSPS) is 21.3. The molecule has 19 heavy (non-hydrogen) atoms. The van der Waals surface area contributed by atoms with Crippen LogP contribution < -0.4 is 11.3 Å². The van der Waals surface area contributed by atoms with Gasteiger partial charge in [-0.05, 0) is 18.6 Å². The smallest absolute Gasteiger partial charge is 0.262 e. The van der Waals surface area contributed by atoms with E-state index in [-0.39, 0.29) is 11.1 Å². The van der Waals surface area contributed by atoms with Crippen molar-refractivity contribution in [2.45, 2.75) is 24.5 Å². The maximum Gasteiger partial charge on any atom is 0.262 e. The fraction of sp³-hybridized carbons (Fsp3) is 0.545. The lowest BCUT2D eigenvalue weighted by Gasteiger charge is -2.31. The molecule has 106 valence electrons. The van der Waals surface area contributed by atoms with E-state index in [1.807, 2.05) is 6.92 Å². The van der Waals surface area contributed by atoms with Gasteiger partial charge in [0.1, 0.15) is 0 Å². The van der Waals surface area contributed by atoms with Crippen LogP contribution >= 0.6 is 0 Å². The van der Waals surface area contributed by atoms with Gasteiger partial charge < -0.3 is 10.2 Å². The largest absolute Gasteiger partial charge is 0.375 e. The average Bonchev–Trinajstić information content (AvgIpc) is 2.47. The standard InChI is InChI=1S/C11H18N4O3S/c1-2-9-8-15(6-7-18-9)19(16,17)11-10(14-12)4-3-5-13-11/h3-5,9,14H,2,6-8,12H2,1H3. The van der Waals surface area contributed by atoms with Gasteiger partial charge in [-0.1, -0.05) is 6.92 Å². The zero-order valence-corrected chi connectivity index (χ0v) is 11.6. The van der Waals surface area contributed by atoms with Crippen LogP contribution in [0.1, 0.15) is 13.3 Å². The van der Waals surface area contributed by atoms with Gasteiger partial charge in [-0.3, -0.25) is 5.84 Å². The summed E-state index contributed by atoms with van der Waals surface area (Å²) >= 11 is 0. The van der Waals surface area contributed by atoms with Crippen molar-refractivity contribution in [2.75, 3.05) is 25.1 Å². The van der Waals surface area contributed by atoms with Gasteiger partial charge in [0.15, 0.2) is 5.03 Å². The fourth-order valence-electron chi connectivity index (χ4n) is 1.99. The van der Waals surface area contributed by atoms with E-state index in [0.29, 0.717) is 25.4 Å². The van der Waals surface area contributed by atoms with Gasteiger partial charge in [0.2, 0.25) is 0 Å². The van der Waals surface area contributed by atoms with Gasteiger partial charge in [-0.25, -0.2) is 13.4 Å². The highest BCUT2D eigenvalue weighted by molar-refractivity contribution is 7.89. The first kappa shape index (κ1) is 14.2. The van der Waals surface area contributed by atoms with Crippen LogP contribution in [0.2, 0.25) is 0 Å². The van der Waals surface area contributed by atoms with Crippen molar-refractivity contribution in [1.82, 2.24) is 9.29 Å². The lowest BCUT2D eigenvalue weighted by molar-refractivity contribution is -0.00283. The number of hydrogen-bond acceptors (Lipinski definition) is 6. The highest BCUT2D eigenvalue weighted by atomic mass is 32.2. The van der Waals surface area contributed by atoms with Crippen molar-refractivity contribution >= 4 is 15.7 Å².